The molecule has 1 atom stereocenters. The smallest absolute Gasteiger partial charge is 0.0801 e. The van der Waals surface area contributed by atoms with E-state index in [4.69, 9.17) is 0 Å². The first kappa shape index (κ1) is 11.3. The molecule has 0 aliphatic heterocycles. The van der Waals surface area contributed by atoms with Crippen molar-refractivity contribution in [3.63, 3.8) is 0 Å². The molecule has 2 aromatic heterocycles. The normalized spacial score (nSPS) is 12.9. The van der Waals surface area contributed by atoms with Gasteiger partial charge in [-0.15, -0.1) is 22.7 Å². The molecular weight excluding hydrogens is 292 g/mol. The van der Waals surface area contributed by atoms with Gasteiger partial charge in [-0.2, -0.15) is 0 Å². The summed E-state index contributed by atoms with van der Waals surface area (Å²) in [5.41, 5.74) is 1.02. The SMILES string of the molecule is OC(CCc1cccs1)c1csc(Br)c1. The van der Waals surface area contributed by atoms with E-state index in [1.54, 1.807) is 22.7 Å². The van der Waals surface area contributed by atoms with Crippen molar-refractivity contribution in [2.24, 2.45) is 0 Å². The van der Waals surface area contributed by atoms with Crippen LogP contribution in [0.25, 0.3) is 0 Å². The molecule has 80 valence electrons. The molecule has 1 nitrogen and oxygen atoms in total. The molecule has 0 saturated heterocycles. The molecule has 0 amide bonds. The Bertz CT molecular complexity index is 408. The Kier molecular flexibility index (Phi) is 3.97. The molecular formula is C11H11BrOS2. The Labute approximate surface area is 106 Å². The summed E-state index contributed by atoms with van der Waals surface area (Å²) in [7, 11) is 0. The summed E-state index contributed by atoms with van der Waals surface area (Å²) >= 11 is 6.76. The summed E-state index contributed by atoms with van der Waals surface area (Å²) in [4.78, 5) is 1.34. The fourth-order valence-electron chi connectivity index (χ4n) is 1.40. The van der Waals surface area contributed by atoms with Crippen LogP contribution in [-0.2, 0) is 6.42 Å². The maximum atomic E-state index is 9.92. The van der Waals surface area contributed by atoms with Crippen LogP contribution >= 0.6 is 38.6 Å². The number of hydrogen-bond acceptors (Lipinski definition) is 3. The second-order valence-corrected chi connectivity index (χ2v) is 6.64. The van der Waals surface area contributed by atoms with Crippen molar-refractivity contribution in [1.29, 1.82) is 0 Å². The average molecular weight is 303 g/mol. The van der Waals surface area contributed by atoms with Crippen LogP contribution in [0.5, 0.6) is 0 Å². The van der Waals surface area contributed by atoms with Crippen LogP contribution in [0.3, 0.4) is 0 Å². The van der Waals surface area contributed by atoms with Gasteiger partial charge in [0.15, 0.2) is 0 Å². The Morgan fingerprint density at radius 3 is 2.87 bits per heavy atom. The van der Waals surface area contributed by atoms with E-state index in [1.807, 2.05) is 17.5 Å². The Balaban J connectivity index is 1.90. The summed E-state index contributed by atoms with van der Waals surface area (Å²) in [5, 5.41) is 14.0. The highest BCUT2D eigenvalue weighted by Gasteiger charge is 2.09. The van der Waals surface area contributed by atoms with E-state index in [-0.39, 0.29) is 6.10 Å². The van der Waals surface area contributed by atoms with E-state index < -0.39 is 0 Å². The minimum absolute atomic E-state index is 0.338. The third kappa shape index (κ3) is 3.14. The van der Waals surface area contributed by atoms with Gasteiger partial charge in [0.1, 0.15) is 0 Å². The zero-order chi connectivity index (χ0) is 10.7. The topological polar surface area (TPSA) is 20.2 Å². The summed E-state index contributed by atoms with van der Waals surface area (Å²) in [6.07, 6.45) is 1.41. The van der Waals surface area contributed by atoms with Crippen molar-refractivity contribution in [2.45, 2.75) is 18.9 Å². The lowest BCUT2D eigenvalue weighted by atomic mass is 10.1. The fraction of sp³-hybridized carbons (Fsp3) is 0.273. The Morgan fingerprint density at radius 1 is 1.40 bits per heavy atom. The number of aryl methyl sites for hydroxylation is 1. The van der Waals surface area contributed by atoms with Crippen LogP contribution in [0.15, 0.2) is 32.7 Å². The third-order valence-corrected chi connectivity index (χ3v) is 4.68. The van der Waals surface area contributed by atoms with E-state index in [9.17, 15) is 5.11 Å². The number of halogens is 1. The minimum atomic E-state index is -0.338. The van der Waals surface area contributed by atoms with Gasteiger partial charge in [0.05, 0.1) is 9.89 Å². The second kappa shape index (κ2) is 5.25. The molecule has 0 aliphatic carbocycles. The van der Waals surface area contributed by atoms with Crippen molar-refractivity contribution in [3.05, 3.63) is 43.2 Å². The standard InChI is InChI=1S/C11H11BrOS2/c12-11-6-8(7-15-11)10(13)4-3-9-2-1-5-14-9/h1-2,5-7,10,13H,3-4H2. The van der Waals surface area contributed by atoms with Gasteiger partial charge in [0, 0.05) is 4.88 Å². The second-order valence-electron chi connectivity index (χ2n) is 3.32. The molecule has 4 heteroatoms. The highest BCUT2D eigenvalue weighted by atomic mass is 79.9. The van der Waals surface area contributed by atoms with E-state index in [2.05, 4.69) is 27.4 Å². The third-order valence-electron chi connectivity index (χ3n) is 2.22. The Morgan fingerprint density at radius 2 is 2.27 bits per heavy atom. The zero-order valence-corrected chi connectivity index (χ0v) is 11.2. The van der Waals surface area contributed by atoms with Gasteiger partial charge in [-0.3, -0.25) is 0 Å². The number of thiophene rings is 2. The van der Waals surface area contributed by atoms with Crippen molar-refractivity contribution in [3.8, 4) is 0 Å². The van der Waals surface area contributed by atoms with Crippen molar-refractivity contribution in [2.75, 3.05) is 0 Å². The molecule has 0 aromatic carbocycles. The first-order valence-corrected chi connectivity index (χ1v) is 7.25. The zero-order valence-electron chi connectivity index (χ0n) is 8.02. The van der Waals surface area contributed by atoms with E-state index in [0.717, 1.165) is 22.2 Å². The van der Waals surface area contributed by atoms with Gasteiger partial charge in [0.2, 0.25) is 0 Å². The molecule has 2 heterocycles. The summed E-state index contributed by atoms with van der Waals surface area (Å²) < 4.78 is 1.08. The van der Waals surface area contributed by atoms with E-state index in [0.29, 0.717) is 0 Å². The molecule has 1 unspecified atom stereocenters. The molecule has 1 N–H and O–H groups in total. The predicted octanol–water partition coefficient (Wildman–Crippen LogP) is 4.24. The van der Waals surface area contributed by atoms with Crippen LogP contribution in [0.2, 0.25) is 0 Å². The fourth-order valence-corrected chi connectivity index (χ4v) is 3.35. The van der Waals surface area contributed by atoms with E-state index in [1.165, 1.54) is 4.88 Å². The van der Waals surface area contributed by atoms with Gasteiger partial charge < -0.3 is 5.11 Å². The lowest BCUT2D eigenvalue weighted by molar-refractivity contribution is 0.168. The largest absolute Gasteiger partial charge is 0.388 e. The number of hydrogen-bond donors (Lipinski definition) is 1. The highest BCUT2D eigenvalue weighted by Crippen LogP contribution is 2.28. The molecule has 0 saturated carbocycles. The quantitative estimate of drug-likeness (QED) is 0.896. The van der Waals surface area contributed by atoms with Gasteiger partial charge >= 0.3 is 0 Å². The maximum absolute atomic E-state index is 9.92. The van der Waals surface area contributed by atoms with Crippen molar-refractivity contribution < 1.29 is 5.11 Å². The van der Waals surface area contributed by atoms with Crippen LogP contribution in [-0.4, -0.2) is 5.11 Å². The predicted molar refractivity (Wildman–Crippen MR) is 69.6 cm³/mol. The lowest BCUT2D eigenvalue weighted by Gasteiger charge is -2.06. The first-order chi connectivity index (χ1) is 7.25. The molecule has 2 rings (SSSR count). The van der Waals surface area contributed by atoms with Crippen molar-refractivity contribution in [1.82, 2.24) is 0 Å². The molecule has 0 bridgehead atoms. The van der Waals surface area contributed by atoms with Crippen LogP contribution in [0, 0.1) is 0 Å². The number of aliphatic hydroxyl groups excluding tert-OH is 1. The minimum Gasteiger partial charge on any atom is -0.388 e. The lowest BCUT2D eigenvalue weighted by Crippen LogP contribution is -1.96. The average Bonchev–Trinajstić information content (AvgIpc) is 2.84. The Hall–Kier alpha value is -0.160. The van der Waals surface area contributed by atoms with E-state index >= 15 is 0 Å². The molecule has 0 radical (unpaired) electrons. The van der Waals surface area contributed by atoms with Gasteiger partial charge in [-0.05, 0) is 57.2 Å². The molecule has 0 fully saturated rings. The molecule has 15 heavy (non-hydrogen) atoms. The molecule has 2 aromatic rings. The van der Waals surface area contributed by atoms with Crippen molar-refractivity contribution >= 4 is 38.6 Å². The molecule has 0 spiro atoms. The van der Waals surface area contributed by atoms with Gasteiger partial charge in [-0.1, -0.05) is 6.07 Å². The number of rotatable bonds is 4. The maximum Gasteiger partial charge on any atom is 0.0801 e. The summed E-state index contributed by atoms with van der Waals surface area (Å²) in [6.45, 7) is 0. The summed E-state index contributed by atoms with van der Waals surface area (Å²) in [6, 6.07) is 6.15. The first-order valence-electron chi connectivity index (χ1n) is 4.70. The number of aliphatic hydroxyl groups is 1. The van der Waals surface area contributed by atoms with Gasteiger partial charge in [0.25, 0.3) is 0 Å². The van der Waals surface area contributed by atoms with Crippen LogP contribution < -0.4 is 0 Å². The van der Waals surface area contributed by atoms with Gasteiger partial charge in [-0.25, -0.2) is 0 Å². The highest BCUT2D eigenvalue weighted by molar-refractivity contribution is 9.11. The monoisotopic (exact) mass is 302 g/mol. The van der Waals surface area contributed by atoms with Crippen LogP contribution in [0.4, 0.5) is 0 Å². The molecule has 0 aliphatic rings. The van der Waals surface area contributed by atoms with Crippen LogP contribution in [0.1, 0.15) is 23.0 Å². The summed E-state index contributed by atoms with van der Waals surface area (Å²) in [5.74, 6) is 0.